The summed E-state index contributed by atoms with van der Waals surface area (Å²) in [7, 11) is 0. The van der Waals surface area contributed by atoms with Crippen molar-refractivity contribution in [3.8, 4) is 5.75 Å². The lowest BCUT2D eigenvalue weighted by atomic mass is 9.98. The standard InChI is InChI=1S/C22H26N2O3/c1-14(2)18-11-10-17(12-15(18)3)27-13-21(25)24-20-7-5-4-6-19(20)22(26)23-16-8-9-16/h4-7,10-12,14,16H,8-9,13H2,1-3H3,(H,23,26)(H,24,25). The van der Waals surface area contributed by atoms with Crippen molar-refractivity contribution in [3.05, 3.63) is 59.2 Å². The summed E-state index contributed by atoms with van der Waals surface area (Å²) in [6.07, 6.45) is 2.03. The Morgan fingerprint density at radius 1 is 1.15 bits per heavy atom. The number of para-hydroxylation sites is 1. The zero-order chi connectivity index (χ0) is 19.4. The summed E-state index contributed by atoms with van der Waals surface area (Å²) in [5, 5.41) is 5.72. The molecule has 2 aromatic rings. The minimum Gasteiger partial charge on any atom is -0.484 e. The largest absolute Gasteiger partial charge is 0.484 e. The molecule has 27 heavy (non-hydrogen) atoms. The van der Waals surface area contributed by atoms with Gasteiger partial charge in [0, 0.05) is 6.04 Å². The van der Waals surface area contributed by atoms with Crippen molar-refractivity contribution in [2.75, 3.05) is 11.9 Å². The fraction of sp³-hybridized carbons (Fsp3) is 0.364. The van der Waals surface area contributed by atoms with Gasteiger partial charge in [0.25, 0.3) is 11.8 Å². The van der Waals surface area contributed by atoms with E-state index in [1.807, 2.05) is 25.1 Å². The third kappa shape index (κ3) is 5.09. The first-order valence-corrected chi connectivity index (χ1v) is 9.37. The fourth-order valence-corrected chi connectivity index (χ4v) is 3.00. The van der Waals surface area contributed by atoms with Crippen molar-refractivity contribution in [1.82, 2.24) is 5.32 Å². The van der Waals surface area contributed by atoms with Crippen molar-refractivity contribution in [1.29, 1.82) is 0 Å². The molecule has 0 aliphatic heterocycles. The van der Waals surface area contributed by atoms with Crippen LogP contribution in [0, 0.1) is 6.92 Å². The van der Waals surface area contributed by atoms with E-state index in [0.29, 0.717) is 22.9 Å². The van der Waals surface area contributed by atoms with Crippen LogP contribution in [0.4, 0.5) is 5.69 Å². The van der Waals surface area contributed by atoms with Crippen LogP contribution in [0.25, 0.3) is 0 Å². The molecule has 0 bridgehead atoms. The zero-order valence-electron chi connectivity index (χ0n) is 16.0. The van der Waals surface area contributed by atoms with Crippen molar-refractivity contribution in [2.24, 2.45) is 0 Å². The van der Waals surface area contributed by atoms with Gasteiger partial charge in [0.15, 0.2) is 6.61 Å². The molecule has 1 aliphatic rings. The van der Waals surface area contributed by atoms with Gasteiger partial charge in [-0.3, -0.25) is 9.59 Å². The highest BCUT2D eigenvalue weighted by atomic mass is 16.5. The topological polar surface area (TPSA) is 67.4 Å². The normalized spacial score (nSPS) is 13.3. The lowest BCUT2D eigenvalue weighted by molar-refractivity contribution is -0.118. The van der Waals surface area contributed by atoms with E-state index >= 15 is 0 Å². The zero-order valence-corrected chi connectivity index (χ0v) is 16.0. The van der Waals surface area contributed by atoms with E-state index in [9.17, 15) is 9.59 Å². The third-order valence-corrected chi connectivity index (χ3v) is 4.59. The lowest BCUT2D eigenvalue weighted by Crippen LogP contribution is -2.28. The molecule has 0 heterocycles. The molecule has 5 heteroatoms. The van der Waals surface area contributed by atoms with Crippen LogP contribution in [0.5, 0.6) is 5.75 Å². The number of carbonyl (C=O) groups is 2. The number of nitrogens with one attached hydrogen (secondary N) is 2. The quantitative estimate of drug-likeness (QED) is 0.777. The smallest absolute Gasteiger partial charge is 0.262 e. The summed E-state index contributed by atoms with van der Waals surface area (Å²) in [6.45, 7) is 6.22. The summed E-state index contributed by atoms with van der Waals surface area (Å²) in [5.74, 6) is 0.647. The maximum atomic E-state index is 12.3. The average Bonchev–Trinajstić information content (AvgIpc) is 3.44. The van der Waals surface area contributed by atoms with Crippen molar-refractivity contribution < 1.29 is 14.3 Å². The number of benzene rings is 2. The highest BCUT2D eigenvalue weighted by Gasteiger charge is 2.25. The number of amides is 2. The van der Waals surface area contributed by atoms with Crippen LogP contribution in [0.3, 0.4) is 0 Å². The maximum Gasteiger partial charge on any atom is 0.262 e. The Morgan fingerprint density at radius 3 is 2.56 bits per heavy atom. The van der Waals surface area contributed by atoms with Crippen LogP contribution in [-0.2, 0) is 4.79 Å². The molecule has 2 amide bonds. The fourth-order valence-electron chi connectivity index (χ4n) is 3.00. The molecule has 0 aromatic heterocycles. The average molecular weight is 366 g/mol. The number of ether oxygens (including phenoxy) is 1. The molecule has 2 aromatic carbocycles. The Hall–Kier alpha value is -2.82. The van der Waals surface area contributed by atoms with Gasteiger partial charge < -0.3 is 15.4 Å². The van der Waals surface area contributed by atoms with Gasteiger partial charge in [-0.05, 0) is 61.1 Å². The summed E-state index contributed by atoms with van der Waals surface area (Å²) >= 11 is 0. The highest BCUT2D eigenvalue weighted by molar-refractivity contribution is 6.04. The Labute approximate surface area is 160 Å². The van der Waals surface area contributed by atoms with Gasteiger partial charge in [-0.1, -0.05) is 32.0 Å². The summed E-state index contributed by atoms with van der Waals surface area (Å²) in [4.78, 5) is 24.6. The van der Waals surface area contributed by atoms with E-state index < -0.39 is 0 Å². The Morgan fingerprint density at radius 2 is 1.89 bits per heavy atom. The number of hydrogen-bond donors (Lipinski definition) is 2. The first kappa shape index (κ1) is 19.0. The van der Waals surface area contributed by atoms with E-state index in [1.165, 1.54) is 5.56 Å². The van der Waals surface area contributed by atoms with E-state index in [0.717, 1.165) is 18.4 Å². The molecule has 0 saturated heterocycles. The van der Waals surface area contributed by atoms with Crippen LogP contribution in [0.1, 0.15) is 54.1 Å². The van der Waals surface area contributed by atoms with E-state index in [1.54, 1.807) is 24.3 Å². The Balaban J connectivity index is 1.59. The van der Waals surface area contributed by atoms with E-state index in [-0.39, 0.29) is 24.5 Å². The lowest BCUT2D eigenvalue weighted by Gasteiger charge is -2.13. The first-order chi connectivity index (χ1) is 12.9. The SMILES string of the molecule is Cc1cc(OCC(=O)Nc2ccccc2C(=O)NC2CC2)ccc1C(C)C. The van der Waals surface area contributed by atoms with Crippen LogP contribution in [0.2, 0.25) is 0 Å². The molecule has 2 N–H and O–H groups in total. The van der Waals surface area contributed by atoms with Crippen LogP contribution in [-0.4, -0.2) is 24.5 Å². The molecule has 0 spiro atoms. The minimum absolute atomic E-state index is 0.112. The van der Waals surface area contributed by atoms with Crippen LogP contribution < -0.4 is 15.4 Å². The van der Waals surface area contributed by atoms with Gasteiger partial charge >= 0.3 is 0 Å². The molecule has 1 saturated carbocycles. The monoisotopic (exact) mass is 366 g/mol. The molecule has 5 nitrogen and oxygen atoms in total. The molecule has 142 valence electrons. The molecule has 0 radical (unpaired) electrons. The van der Waals surface area contributed by atoms with Gasteiger partial charge in [0.1, 0.15) is 5.75 Å². The van der Waals surface area contributed by atoms with Crippen LogP contribution >= 0.6 is 0 Å². The molecule has 0 unspecified atom stereocenters. The maximum absolute atomic E-state index is 12.3. The van der Waals surface area contributed by atoms with Gasteiger partial charge in [-0.25, -0.2) is 0 Å². The van der Waals surface area contributed by atoms with Crippen molar-refractivity contribution in [3.63, 3.8) is 0 Å². The van der Waals surface area contributed by atoms with Crippen molar-refractivity contribution >= 4 is 17.5 Å². The second-order valence-corrected chi connectivity index (χ2v) is 7.30. The second kappa shape index (κ2) is 8.25. The number of hydrogen-bond acceptors (Lipinski definition) is 3. The molecule has 0 atom stereocenters. The number of aryl methyl sites for hydroxylation is 1. The Kier molecular flexibility index (Phi) is 5.79. The molecule has 3 rings (SSSR count). The van der Waals surface area contributed by atoms with Gasteiger partial charge in [-0.2, -0.15) is 0 Å². The predicted molar refractivity (Wildman–Crippen MR) is 106 cm³/mol. The molecular weight excluding hydrogens is 340 g/mol. The predicted octanol–water partition coefficient (Wildman–Crippen LogP) is 4.03. The molecule has 1 aliphatic carbocycles. The van der Waals surface area contributed by atoms with Crippen LogP contribution in [0.15, 0.2) is 42.5 Å². The molecular formula is C22H26N2O3. The molecule has 1 fully saturated rings. The Bertz CT molecular complexity index is 841. The van der Waals surface area contributed by atoms with Gasteiger partial charge in [0.05, 0.1) is 11.3 Å². The third-order valence-electron chi connectivity index (χ3n) is 4.59. The van der Waals surface area contributed by atoms with Gasteiger partial charge in [-0.15, -0.1) is 0 Å². The van der Waals surface area contributed by atoms with E-state index in [2.05, 4.69) is 24.5 Å². The summed E-state index contributed by atoms with van der Waals surface area (Å²) in [5.41, 5.74) is 3.37. The number of rotatable bonds is 7. The summed E-state index contributed by atoms with van der Waals surface area (Å²) in [6, 6.07) is 13.1. The van der Waals surface area contributed by atoms with E-state index in [4.69, 9.17) is 4.74 Å². The highest BCUT2D eigenvalue weighted by Crippen LogP contribution is 2.24. The van der Waals surface area contributed by atoms with Gasteiger partial charge in [0.2, 0.25) is 0 Å². The first-order valence-electron chi connectivity index (χ1n) is 9.37. The number of carbonyl (C=O) groups excluding carboxylic acids is 2. The minimum atomic E-state index is -0.299. The van der Waals surface area contributed by atoms with Crippen molar-refractivity contribution in [2.45, 2.75) is 45.6 Å². The second-order valence-electron chi connectivity index (χ2n) is 7.30. The summed E-state index contributed by atoms with van der Waals surface area (Å²) < 4.78 is 5.62. The number of anilines is 1.